The van der Waals surface area contributed by atoms with Crippen LogP contribution in [0.15, 0.2) is 24.3 Å². The molecule has 0 aromatic heterocycles. The van der Waals surface area contributed by atoms with E-state index in [0.29, 0.717) is 13.0 Å². The van der Waals surface area contributed by atoms with E-state index in [0.717, 1.165) is 31.7 Å². The summed E-state index contributed by atoms with van der Waals surface area (Å²) in [6, 6.07) is 8.27. The Morgan fingerprint density at radius 1 is 1.29 bits per heavy atom. The van der Waals surface area contributed by atoms with Gasteiger partial charge in [-0.25, -0.2) is 0 Å². The minimum Gasteiger partial charge on any atom is -0.337 e. The van der Waals surface area contributed by atoms with Crippen LogP contribution in [-0.2, 0) is 16.0 Å². The maximum atomic E-state index is 12.8. The first kappa shape index (κ1) is 18.7. The molecule has 2 saturated heterocycles. The van der Waals surface area contributed by atoms with E-state index < -0.39 is 0 Å². The number of nitrogens with one attached hydrogen (secondary N) is 1. The summed E-state index contributed by atoms with van der Waals surface area (Å²) >= 11 is 0. The molecule has 24 heavy (non-hydrogen) atoms. The first-order valence-electron chi connectivity index (χ1n) is 8.50. The number of nitrogens with zero attached hydrogens (tertiary/aromatic N) is 2. The summed E-state index contributed by atoms with van der Waals surface area (Å²) < 4.78 is 0. The zero-order valence-electron chi connectivity index (χ0n) is 14.3. The normalized spacial score (nSPS) is 24.0. The molecule has 5 nitrogen and oxygen atoms in total. The van der Waals surface area contributed by atoms with Gasteiger partial charge >= 0.3 is 0 Å². The largest absolute Gasteiger partial charge is 0.337 e. The van der Waals surface area contributed by atoms with Crippen molar-refractivity contribution in [3.05, 3.63) is 29.8 Å². The lowest BCUT2D eigenvalue weighted by atomic mass is 10.0. The first-order chi connectivity index (χ1) is 11.1. The van der Waals surface area contributed by atoms with Gasteiger partial charge in [0.15, 0.2) is 0 Å². The molecular weight excluding hydrogens is 326 g/mol. The van der Waals surface area contributed by atoms with Gasteiger partial charge in [0.2, 0.25) is 11.8 Å². The van der Waals surface area contributed by atoms with E-state index in [2.05, 4.69) is 31.3 Å². The average Bonchev–Trinajstić information content (AvgIpc) is 2.96. The van der Waals surface area contributed by atoms with Crippen molar-refractivity contribution in [2.45, 2.75) is 32.7 Å². The molecule has 2 amide bonds. The minimum atomic E-state index is -0.214. The van der Waals surface area contributed by atoms with Crippen LogP contribution in [0.25, 0.3) is 0 Å². The van der Waals surface area contributed by atoms with Gasteiger partial charge in [0, 0.05) is 44.3 Å². The van der Waals surface area contributed by atoms with Gasteiger partial charge in [-0.05, 0) is 31.0 Å². The second-order valence-electron chi connectivity index (χ2n) is 6.51. The lowest BCUT2D eigenvalue weighted by molar-refractivity contribution is -0.138. The summed E-state index contributed by atoms with van der Waals surface area (Å²) in [6.45, 7) is 7.06. The third-order valence-corrected chi connectivity index (χ3v) is 4.91. The van der Waals surface area contributed by atoms with Crippen LogP contribution in [0.3, 0.4) is 0 Å². The molecule has 2 aliphatic rings. The third-order valence-electron chi connectivity index (χ3n) is 4.91. The Morgan fingerprint density at radius 2 is 2.00 bits per heavy atom. The van der Waals surface area contributed by atoms with E-state index in [-0.39, 0.29) is 36.2 Å². The van der Waals surface area contributed by atoms with Crippen molar-refractivity contribution >= 4 is 29.9 Å². The van der Waals surface area contributed by atoms with Gasteiger partial charge in [-0.15, -0.1) is 12.4 Å². The van der Waals surface area contributed by atoms with Crippen molar-refractivity contribution in [3.8, 4) is 0 Å². The predicted molar refractivity (Wildman–Crippen MR) is 97.6 cm³/mol. The second kappa shape index (κ2) is 7.99. The molecule has 1 unspecified atom stereocenters. The number of hydrogen-bond acceptors (Lipinski definition) is 3. The summed E-state index contributed by atoms with van der Waals surface area (Å²) in [7, 11) is 0. The van der Waals surface area contributed by atoms with E-state index in [4.69, 9.17) is 0 Å². The van der Waals surface area contributed by atoms with Crippen LogP contribution in [0.4, 0.5) is 5.69 Å². The van der Waals surface area contributed by atoms with Crippen LogP contribution in [0, 0.1) is 5.92 Å². The molecular formula is C18H26ClN3O2. The van der Waals surface area contributed by atoms with Crippen LogP contribution < -0.4 is 10.2 Å². The highest BCUT2D eigenvalue weighted by Crippen LogP contribution is 2.27. The lowest BCUT2D eigenvalue weighted by Crippen LogP contribution is -2.54. The zero-order valence-corrected chi connectivity index (χ0v) is 15.1. The summed E-state index contributed by atoms with van der Waals surface area (Å²) in [5, 5.41) is 3.29. The Bertz CT molecular complexity index is 590. The Morgan fingerprint density at radius 3 is 2.62 bits per heavy atom. The fourth-order valence-corrected chi connectivity index (χ4v) is 3.44. The van der Waals surface area contributed by atoms with Gasteiger partial charge in [-0.1, -0.05) is 19.1 Å². The summed E-state index contributed by atoms with van der Waals surface area (Å²) in [4.78, 5) is 28.8. The molecule has 0 saturated carbocycles. The van der Waals surface area contributed by atoms with E-state index in [1.165, 1.54) is 5.56 Å². The molecule has 0 radical (unpaired) electrons. The maximum absolute atomic E-state index is 12.8. The van der Waals surface area contributed by atoms with Crippen molar-refractivity contribution in [2.24, 2.45) is 5.92 Å². The molecule has 1 aromatic carbocycles. The highest BCUT2D eigenvalue weighted by atomic mass is 35.5. The van der Waals surface area contributed by atoms with Crippen molar-refractivity contribution < 1.29 is 9.59 Å². The standard InChI is InChI=1S/C18H25N3O2.ClH/c1-3-14-4-6-16(7-5-14)21-12-15(10-17(21)22)18(23)20-9-8-19-11-13(20)2;/h4-7,13,15,19H,3,8-12H2,1-2H3;1H/t13-,15?;/m0./s1. The number of piperazine rings is 1. The quantitative estimate of drug-likeness (QED) is 0.904. The Kier molecular flexibility index (Phi) is 6.24. The van der Waals surface area contributed by atoms with Gasteiger partial charge in [-0.3, -0.25) is 9.59 Å². The molecule has 2 aliphatic heterocycles. The van der Waals surface area contributed by atoms with Gasteiger partial charge in [0.05, 0.1) is 5.92 Å². The molecule has 2 heterocycles. The molecule has 2 fully saturated rings. The van der Waals surface area contributed by atoms with Crippen LogP contribution in [-0.4, -0.2) is 48.9 Å². The Balaban J connectivity index is 0.00000208. The summed E-state index contributed by atoms with van der Waals surface area (Å²) in [5.41, 5.74) is 2.15. The number of rotatable bonds is 3. The van der Waals surface area contributed by atoms with Crippen LogP contribution in [0.5, 0.6) is 0 Å². The Labute approximate surface area is 149 Å². The summed E-state index contributed by atoms with van der Waals surface area (Å²) in [5.74, 6) is -0.0377. The Hall–Kier alpha value is -1.59. The SMILES string of the molecule is CCc1ccc(N2CC(C(=O)N3CCNC[C@@H]3C)CC2=O)cc1.Cl. The maximum Gasteiger partial charge on any atom is 0.228 e. The molecule has 0 spiro atoms. The monoisotopic (exact) mass is 351 g/mol. The molecule has 2 atom stereocenters. The molecule has 0 aliphatic carbocycles. The van der Waals surface area contributed by atoms with E-state index in [9.17, 15) is 9.59 Å². The van der Waals surface area contributed by atoms with E-state index in [1.54, 1.807) is 4.90 Å². The minimum absolute atomic E-state index is 0. The van der Waals surface area contributed by atoms with Crippen LogP contribution in [0.1, 0.15) is 25.8 Å². The van der Waals surface area contributed by atoms with E-state index >= 15 is 0 Å². The highest BCUT2D eigenvalue weighted by molar-refractivity contribution is 6.00. The molecule has 132 valence electrons. The number of amides is 2. The predicted octanol–water partition coefficient (Wildman–Crippen LogP) is 1.84. The topological polar surface area (TPSA) is 52.7 Å². The van der Waals surface area contributed by atoms with Gasteiger partial charge < -0.3 is 15.1 Å². The fourth-order valence-electron chi connectivity index (χ4n) is 3.44. The van der Waals surface area contributed by atoms with Crippen molar-refractivity contribution in [1.82, 2.24) is 10.2 Å². The molecule has 1 aromatic rings. The van der Waals surface area contributed by atoms with Crippen molar-refractivity contribution in [3.63, 3.8) is 0 Å². The number of hydrogen-bond donors (Lipinski definition) is 1. The number of benzene rings is 1. The van der Waals surface area contributed by atoms with Crippen molar-refractivity contribution in [1.29, 1.82) is 0 Å². The van der Waals surface area contributed by atoms with Gasteiger partial charge in [-0.2, -0.15) is 0 Å². The smallest absolute Gasteiger partial charge is 0.228 e. The fraction of sp³-hybridized carbons (Fsp3) is 0.556. The van der Waals surface area contributed by atoms with Gasteiger partial charge in [0.1, 0.15) is 0 Å². The van der Waals surface area contributed by atoms with E-state index in [1.807, 2.05) is 17.0 Å². The number of halogens is 1. The summed E-state index contributed by atoms with van der Waals surface area (Å²) in [6.07, 6.45) is 1.31. The zero-order chi connectivity index (χ0) is 16.4. The average molecular weight is 352 g/mol. The van der Waals surface area contributed by atoms with Crippen LogP contribution in [0.2, 0.25) is 0 Å². The number of carbonyl (C=O) groups is 2. The lowest BCUT2D eigenvalue weighted by Gasteiger charge is -2.35. The molecule has 0 bridgehead atoms. The highest BCUT2D eigenvalue weighted by Gasteiger charge is 2.38. The molecule has 6 heteroatoms. The number of carbonyl (C=O) groups excluding carboxylic acids is 2. The number of anilines is 1. The molecule has 1 N–H and O–H groups in total. The van der Waals surface area contributed by atoms with Crippen molar-refractivity contribution in [2.75, 3.05) is 31.1 Å². The van der Waals surface area contributed by atoms with Crippen LogP contribution >= 0.6 is 12.4 Å². The third kappa shape index (κ3) is 3.73. The first-order valence-corrected chi connectivity index (χ1v) is 8.50. The molecule has 3 rings (SSSR count). The van der Waals surface area contributed by atoms with Gasteiger partial charge in [0.25, 0.3) is 0 Å². The second-order valence-corrected chi connectivity index (χ2v) is 6.51. The number of aryl methyl sites for hydroxylation is 1.